The van der Waals surface area contributed by atoms with Gasteiger partial charge < -0.3 is 0 Å². The maximum absolute atomic E-state index is 3.68. The summed E-state index contributed by atoms with van der Waals surface area (Å²) in [5.74, 6) is 0. The minimum Gasteiger partial charge on any atom is -0.189 e. The third kappa shape index (κ3) is 0.641. The summed E-state index contributed by atoms with van der Waals surface area (Å²) in [4.78, 5) is 0. The normalized spacial score (nSPS) is 18.7. The van der Waals surface area contributed by atoms with E-state index in [9.17, 15) is 0 Å². The number of rotatable bonds is 0. The minimum absolute atomic E-state index is 0.816. The Morgan fingerprint density at radius 3 is 2.83 bits per heavy atom. The fraction of sp³-hybridized carbons (Fsp3) is 0.500. The highest BCUT2D eigenvalue weighted by molar-refractivity contribution is 4.73. The summed E-state index contributed by atoms with van der Waals surface area (Å²) in [6, 6.07) is 0. The van der Waals surface area contributed by atoms with Crippen LogP contribution in [0.15, 0.2) is 16.4 Å². The molecule has 0 saturated heterocycles. The van der Waals surface area contributed by atoms with Crippen molar-refractivity contribution < 1.29 is 0 Å². The van der Waals surface area contributed by atoms with Gasteiger partial charge in [0.15, 0.2) is 0 Å². The van der Waals surface area contributed by atoms with Crippen molar-refractivity contribution >= 4 is 0 Å². The molecule has 0 amide bonds. The maximum Gasteiger partial charge on any atom is 0.0644 e. The molecule has 0 N–H and O–H groups in total. The van der Waals surface area contributed by atoms with Crippen LogP contribution in [0.3, 0.4) is 0 Å². The first-order valence-electron chi connectivity index (χ1n) is 1.92. The molecule has 1 heterocycles. The number of nitrogens with zero attached hydrogens (tertiary/aromatic N) is 2. The molecule has 31 valence electrons. The Kier molecular flexibility index (Phi) is 0.998. The second kappa shape index (κ2) is 1.70. The van der Waals surface area contributed by atoms with Crippen LogP contribution in [-0.2, 0) is 0 Å². The van der Waals surface area contributed by atoms with Gasteiger partial charge in [0, 0.05) is 0 Å². The monoisotopic (exact) mass is 81.0 g/mol. The molecule has 1 radical (unpaired) electrons. The zero-order chi connectivity index (χ0) is 4.24. The van der Waals surface area contributed by atoms with Crippen molar-refractivity contribution in [2.45, 2.75) is 6.42 Å². The molecular weight excluding hydrogens is 76.1 g/mol. The van der Waals surface area contributed by atoms with Gasteiger partial charge in [0.1, 0.15) is 0 Å². The average Bonchev–Trinajstić information content (AvgIpc) is 1.72. The van der Waals surface area contributed by atoms with Gasteiger partial charge in [-0.25, -0.2) is 0 Å². The summed E-state index contributed by atoms with van der Waals surface area (Å²) in [5, 5.41) is 7.25. The molecule has 0 aromatic carbocycles. The Hall–Kier alpha value is -0.660. The molecule has 0 saturated carbocycles. The van der Waals surface area contributed by atoms with E-state index >= 15 is 0 Å². The van der Waals surface area contributed by atoms with E-state index < -0.39 is 0 Å². The van der Waals surface area contributed by atoms with Crippen LogP contribution in [0.2, 0.25) is 0 Å². The smallest absolute Gasteiger partial charge is 0.0644 e. The van der Waals surface area contributed by atoms with Gasteiger partial charge in [-0.05, 0) is 12.5 Å². The first-order chi connectivity index (χ1) is 3.00. The van der Waals surface area contributed by atoms with E-state index in [1.807, 2.05) is 0 Å². The van der Waals surface area contributed by atoms with Crippen LogP contribution in [0.5, 0.6) is 0 Å². The third-order valence-corrected chi connectivity index (χ3v) is 0.587. The van der Waals surface area contributed by atoms with Crippen molar-refractivity contribution in [3.8, 4) is 0 Å². The van der Waals surface area contributed by atoms with Crippen molar-refractivity contribution in [2.24, 2.45) is 10.2 Å². The number of azo groups is 1. The van der Waals surface area contributed by atoms with Gasteiger partial charge in [0.05, 0.1) is 12.7 Å². The highest BCUT2D eigenvalue weighted by Crippen LogP contribution is 1.90. The van der Waals surface area contributed by atoms with Gasteiger partial charge in [-0.15, -0.1) is 0 Å². The first-order valence-corrected chi connectivity index (χ1v) is 1.92. The Labute approximate surface area is 36.6 Å². The second-order valence-electron chi connectivity index (χ2n) is 1.06. The molecule has 1 aliphatic heterocycles. The van der Waals surface area contributed by atoms with Crippen LogP contribution >= 0.6 is 0 Å². The summed E-state index contributed by atoms with van der Waals surface area (Å²) in [7, 11) is 0. The van der Waals surface area contributed by atoms with Crippen LogP contribution in [0.1, 0.15) is 6.42 Å². The maximum atomic E-state index is 3.68. The fourth-order valence-electron chi connectivity index (χ4n) is 0.318. The predicted octanol–water partition coefficient (Wildman–Crippen LogP) is 1.16. The van der Waals surface area contributed by atoms with Crippen LogP contribution in [-0.4, -0.2) is 6.54 Å². The molecule has 2 nitrogen and oxygen atoms in total. The standard InChI is InChI=1S/C4H5N2/c1-2-4-6-5-3-1/h4H,1,3H2. The average molecular weight is 81.1 g/mol. The molecule has 0 atom stereocenters. The topological polar surface area (TPSA) is 24.7 Å². The summed E-state index contributed by atoms with van der Waals surface area (Å²) < 4.78 is 0. The van der Waals surface area contributed by atoms with Crippen molar-refractivity contribution in [3.05, 3.63) is 12.3 Å². The lowest BCUT2D eigenvalue weighted by molar-refractivity contribution is 0.873. The van der Waals surface area contributed by atoms with Crippen LogP contribution in [0.4, 0.5) is 0 Å². The second-order valence-corrected chi connectivity index (χ2v) is 1.06. The first kappa shape index (κ1) is 3.53. The zero-order valence-corrected chi connectivity index (χ0v) is 3.39. The van der Waals surface area contributed by atoms with E-state index in [-0.39, 0.29) is 0 Å². The van der Waals surface area contributed by atoms with Crippen molar-refractivity contribution in [1.82, 2.24) is 0 Å². The Balaban J connectivity index is 2.46. The molecule has 0 bridgehead atoms. The molecule has 2 heteroatoms. The molecule has 0 spiro atoms. The molecule has 0 aromatic heterocycles. The molecule has 0 fully saturated rings. The minimum atomic E-state index is 0.816. The molecule has 1 rings (SSSR count). The Morgan fingerprint density at radius 1 is 1.67 bits per heavy atom. The summed E-state index contributed by atoms with van der Waals surface area (Å²) in [6.45, 7) is 0.816. The van der Waals surface area contributed by atoms with E-state index in [0.29, 0.717) is 0 Å². The van der Waals surface area contributed by atoms with Crippen LogP contribution in [0.25, 0.3) is 0 Å². The molecule has 0 aromatic rings. The lowest BCUT2D eigenvalue weighted by atomic mass is 10.4. The number of hydrogen-bond donors (Lipinski definition) is 0. The Morgan fingerprint density at radius 2 is 2.67 bits per heavy atom. The van der Waals surface area contributed by atoms with Crippen LogP contribution < -0.4 is 0 Å². The quantitative estimate of drug-likeness (QED) is 0.418. The SMILES string of the molecule is [C]1=CN=NCC1. The van der Waals surface area contributed by atoms with Gasteiger partial charge >= 0.3 is 0 Å². The third-order valence-electron chi connectivity index (χ3n) is 0.587. The number of hydrogen-bond acceptors (Lipinski definition) is 2. The van der Waals surface area contributed by atoms with E-state index in [4.69, 9.17) is 0 Å². The fourth-order valence-corrected chi connectivity index (χ4v) is 0.318. The highest BCUT2D eigenvalue weighted by atomic mass is 15.1. The molecular formula is C4H5N2. The van der Waals surface area contributed by atoms with E-state index in [2.05, 4.69) is 16.3 Å². The van der Waals surface area contributed by atoms with Gasteiger partial charge in [-0.3, -0.25) is 0 Å². The van der Waals surface area contributed by atoms with Crippen molar-refractivity contribution in [1.29, 1.82) is 0 Å². The molecule has 0 aliphatic carbocycles. The highest BCUT2D eigenvalue weighted by Gasteiger charge is 1.80. The van der Waals surface area contributed by atoms with Crippen molar-refractivity contribution in [2.75, 3.05) is 6.54 Å². The van der Waals surface area contributed by atoms with E-state index in [1.54, 1.807) is 6.20 Å². The lowest BCUT2D eigenvalue weighted by Gasteiger charge is -1.86. The van der Waals surface area contributed by atoms with Gasteiger partial charge in [-0.1, -0.05) is 0 Å². The molecule has 1 aliphatic rings. The zero-order valence-electron chi connectivity index (χ0n) is 3.39. The van der Waals surface area contributed by atoms with Gasteiger partial charge in [0.2, 0.25) is 0 Å². The molecule has 6 heavy (non-hydrogen) atoms. The van der Waals surface area contributed by atoms with E-state index in [0.717, 1.165) is 13.0 Å². The summed E-state index contributed by atoms with van der Waals surface area (Å²) >= 11 is 0. The van der Waals surface area contributed by atoms with E-state index in [1.165, 1.54) is 0 Å². The largest absolute Gasteiger partial charge is 0.189 e. The van der Waals surface area contributed by atoms with Crippen molar-refractivity contribution in [3.63, 3.8) is 0 Å². The van der Waals surface area contributed by atoms with Gasteiger partial charge in [-0.2, -0.15) is 10.2 Å². The predicted molar refractivity (Wildman–Crippen MR) is 22.2 cm³/mol. The summed E-state index contributed by atoms with van der Waals surface area (Å²) in [5.41, 5.74) is 0. The summed E-state index contributed by atoms with van der Waals surface area (Å²) in [6.07, 6.45) is 5.43. The van der Waals surface area contributed by atoms with Gasteiger partial charge in [0.25, 0.3) is 0 Å². The lowest BCUT2D eigenvalue weighted by Crippen LogP contribution is -1.77. The van der Waals surface area contributed by atoms with Crippen LogP contribution in [0, 0.1) is 6.08 Å². The Bertz CT molecular complexity index is 71.5. The molecule has 0 unspecified atom stereocenters.